The lowest BCUT2D eigenvalue weighted by atomic mass is 10.2. The Bertz CT molecular complexity index is 516. The van der Waals surface area contributed by atoms with Gasteiger partial charge in [-0.15, -0.1) is 11.8 Å². The number of thioether (sulfide) groups is 1. The Morgan fingerprint density at radius 3 is 2.82 bits per heavy atom. The maximum absolute atomic E-state index is 11.4. The summed E-state index contributed by atoms with van der Waals surface area (Å²) in [6, 6.07) is 3.61. The lowest BCUT2D eigenvalue weighted by molar-refractivity contribution is -0.118. The molecule has 1 aromatic carbocycles. The molecule has 0 saturated carbocycles. The van der Waals surface area contributed by atoms with Crippen molar-refractivity contribution < 1.29 is 14.3 Å². The fraction of sp³-hybridized carbons (Fsp3) is 0.273. The second kappa shape index (κ2) is 3.96. The van der Waals surface area contributed by atoms with Gasteiger partial charge >= 0.3 is 0 Å². The van der Waals surface area contributed by atoms with E-state index in [1.807, 2.05) is 6.07 Å². The summed E-state index contributed by atoms with van der Waals surface area (Å²) >= 11 is 1.60. The van der Waals surface area contributed by atoms with Crippen LogP contribution in [0.25, 0.3) is 0 Å². The Balaban J connectivity index is 2.04. The number of anilines is 2. The Hall–Kier alpha value is -1.69. The van der Waals surface area contributed by atoms with E-state index in [4.69, 9.17) is 4.74 Å². The van der Waals surface area contributed by atoms with Crippen LogP contribution < -0.4 is 15.4 Å². The van der Waals surface area contributed by atoms with Crippen LogP contribution in [0.2, 0.25) is 0 Å². The zero-order valence-electron chi connectivity index (χ0n) is 8.91. The molecule has 0 unspecified atom stereocenters. The predicted octanol–water partition coefficient (Wildman–Crippen LogP) is 1.45. The molecule has 0 radical (unpaired) electrons. The Morgan fingerprint density at radius 2 is 1.94 bits per heavy atom. The second-order valence-electron chi connectivity index (χ2n) is 3.83. The maximum Gasteiger partial charge on any atom is 0.262 e. The summed E-state index contributed by atoms with van der Waals surface area (Å²) < 4.78 is 5.31. The van der Waals surface area contributed by atoms with Crippen LogP contribution in [-0.2, 0) is 9.59 Å². The number of amides is 2. The van der Waals surface area contributed by atoms with Crippen LogP contribution in [0, 0.1) is 0 Å². The average Bonchev–Trinajstić information content (AvgIpc) is 2.46. The zero-order chi connectivity index (χ0) is 11.8. The minimum absolute atomic E-state index is 0.0102. The molecule has 3 rings (SSSR count). The first kappa shape index (κ1) is 10.5. The molecular formula is C11H10N2O3S. The van der Waals surface area contributed by atoms with E-state index >= 15 is 0 Å². The molecule has 2 heterocycles. The summed E-state index contributed by atoms with van der Waals surface area (Å²) in [5.41, 5.74) is 1.43. The third-order valence-electron chi connectivity index (χ3n) is 2.58. The first-order chi connectivity index (χ1) is 8.22. The molecule has 5 nitrogen and oxygen atoms in total. The molecule has 0 aromatic heterocycles. The quantitative estimate of drug-likeness (QED) is 0.731. The normalized spacial score (nSPS) is 18.1. The molecule has 0 fully saturated rings. The number of ether oxygens (including phenoxy) is 1. The molecule has 1 aromatic rings. The van der Waals surface area contributed by atoms with E-state index in [2.05, 4.69) is 10.6 Å². The van der Waals surface area contributed by atoms with Crippen LogP contribution in [0.15, 0.2) is 17.0 Å². The number of nitrogens with one attached hydrogen (secondary N) is 2. The molecule has 0 bridgehead atoms. The number of fused-ring (bicyclic) bond motifs is 2. The van der Waals surface area contributed by atoms with Crippen LogP contribution in [0.3, 0.4) is 0 Å². The van der Waals surface area contributed by atoms with Crippen molar-refractivity contribution >= 4 is 35.0 Å². The summed E-state index contributed by atoms with van der Waals surface area (Å²) in [6.07, 6.45) is 0.497. The van der Waals surface area contributed by atoms with Gasteiger partial charge in [0, 0.05) is 23.1 Å². The van der Waals surface area contributed by atoms with Gasteiger partial charge in [0.25, 0.3) is 5.91 Å². The molecule has 0 saturated heterocycles. The maximum atomic E-state index is 11.4. The van der Waals surface area contributed by atoms with Crippen LogP contribution >= 0.6 is 11.8 Å². The van der Waals surface area contributed by atoms with Crippen LogP contribution in [0.5, 0.6) is 5.75 Å². The van der Waals surface area contributed by atoms with Crippen molar-refractivity contribution in [3.63, 3.8) is 0 Å². The van der Waals surface area contributed by atoms with Gasteiger partial charge < -0.3 is 15.4 Å². The standard InChI is InChI=1S/C11H10N2O3S/c14-10-1-2-17-9-4-6-8(3-7(9)13-10)16-5-11(15)12-6/h3-4H,1-2,5H2,(H,12,15)(H,13,14). The van der Waals surface area contributed by atoms with Gasteiger partial charge in [0.1, 0.15) is 5.75 Å². The van der Waals surface area contributed by atoms with Gasteiger partial charge in [-0.2, -0.15) is 0 Å². The first-order valence-electron chi connectivity index (χ1n) is 5.26. The van der Waals surface area contributed by atoms with Crippen LogP contribution in [0.4, 0.5) is 11.4 Å². The largest absolute Gasteiger partial charge is 0.482 e. The summed E-state index contributed by atoms with van der Waals surface area (Å²) in [7, 11) is 0. The minimum atomic E-state index is -0.153. The molecule has 17 heavy (non-hydrogen) atoms. The molecule has 0 aliphatic carbocycles. The van der Waals surface area contributed by atoms with Crippen molar-refractivity contribution in [1.29, 1.82) is 0 Å². The number of benzene rings is 1. The van der Waals surface area contributed by atoms with Crippen molar-refractivity contribution in [2.45, 2.75) is 11.3 Å². The number of rotatable bonds is 0. The van der Waals surface area contributed by atoms with Crippen molar-refractivity contribution in [2.75, 3.05) is 23.0 Å². The van der Waals surface area contributed by atoms with Crippen molar-refractivity contribution in [3.8, 4) is 5.75 Å². The van der Waals surface area contributed by atoms with Crippen molar-refractivity contribution in [1.82, 2.24) is 0 Å². The zero-order valence-corrected chi connectivity index (χ0v) is 9.73. The van der Waals surface area contributed by atoms with E-state index < -0.39 is 0 Å². The van der Waals surface area contributed by atoms with Crippen molar-refractivity contribution in [2.24, 2.45) is 0 Å². The SMILES string of the molecule is O=C1COc2cc3c(cc2N1)SCCC(=O)N3. The molecule has 6 heteroatoms. The lowest BCUT2D eigenvalue weighted by Gasteiger charge is -2.20. The molecule has 2 amide bonds. The number of carbonyl (C=O) groups is 2. The third-order valence-corrected chi connectivity index (χ3v) is 3.63. The molecular weight excluding hydrogens is 240 g/mol. The molecule has 2 N–H and O–H groups in total. The fourth-order valence-electron chi connectivity index (χ4n) is 1.79. The van der Waals surface area contributed by atoms with E-state index in [0.717, 1.165) is 16.3 Å². The fourth-order valence-corrected chi connectivity index (χ4v) is 2.76. The van der Waals surface area contributed by atoms with E-state index in [1.165, 1.54) is 0 Å². The molecule has 2 aliphatic heterocycles. The Labute approximate surface area is 102 Å². The highest BCUT2D eigenvalue weighted by Gasteiger charge is 2.21. The smallest absolute Gasteiger partial charge is 0.262 e. The number of hydrogen-bond donors (Lipinski definition) is 2. The average molecular weight is 250 g/mol. The monoisotopic (exact) mass is 250 g/mol. The predicted molar refractivity (Wildman–Crippen MR) is 64.5 cm³/mol. The molecule has 0 atom stereocenters. The highest BCUT2D eigenvalue weighted by molar-refractivity contribution is 7.99. The molecule has 0 spiro atoms. The highest BCUT2D eigenvalue weighted by atomic mass is 32.2. The van der Waals surface area contributed by atoms with Gasteiger partial charge in [-0.3, -0.25) is 9.59 Å². The summed E-state index contributed by atoms with van der Waals surface area (Å²) in [5, 5.41) is 5.58. The van der Waals surface area contributed by atoms with Gasteiger partial charge in [-0.1, -0.05) is 0 Å². The number of carbonyl (C=O) groups excluding carboxylic acids is 2. The molecule has 88 valence electrons. The Morgan fingerprint density at radius 1 is 1.12 bits per heavy atom. The van der Waals surface area contributed by atoms with Crippen LogP contribution in [-0.4, -0.2) is 24.2 Å². The van der Waals surface area contributed by atoms with Gasteiger partial charge in [0.05, 0.1) is 11.4 Å². The van der Waals surface area contributed by atoms with E-state index in [9.17, 15) is 9.59 Å². The summed E-state index contributed by atoms with van der Waals surface area (Å²) in [5.74, 6) is 1.20. The summed E-state index contributed by atoms with van der Waals surface area (Å²) in [6.45, 7) is 0.0207. The lowest BCUT2D eigenvalue weighted by Crippen LogP contribution is -2.25. The van der Waals surface area contributed by atoms with Gasteiger partial charge in [0.15, 0.2) is 6.61 Å². The van der Waals surface area contributed by atoms with E-state index in [1.54, 1.807) is 17.8 Å². The molecule has 2 aliphatic rings. The second-order valence-corrected chi connectivity index (χ2v) is 4.96. The van der Waals surface area contributed by atoms with Crippen LogP contribution in [0.1, 0.15) is 6.42 Å². The van der Waals surface area contributed by atoms with Gasteiger partial charge in [-0.25, -0.2) is 0 Å². The van der Waals surface area contributed by atoms with Gasteiger partial charge in [-0.05, 0) is 6.07 Å². The third kappa shape index (κ3) is 1.95. The summed E-state index contributed by atoms with van der Waals surface area (Å²) in [4.78, 5) is 23.6. The Kier molecular flexibility index (Phi) is 2.44. The van der Waals surface area contributed by atoms with Gasteiger partial charge in [0.2, 0.25) is 5.91 Å². The van der Waals surface area contributed by atoms with E-state index in [0.29, 0.717) is 17.9 Å². The van der Waals surface area contributed by atoms with E-state index in [-0.39, 0.29) is 18.4 Å². The van der Waals surface area contributed by atoms with Crippen molar-refractivity contribution in [3.05, 3.63) is 12.1 Å². The highest BCUT2D eigenvalue weighted by Crippen LogP contribution is 2.39. The minimum Gasteiger partial charge on any atom is -0.482 e. The topological polar surface area (TPSA) is 67.4 Å². The number of hydrogen-bond acceptors (Lipinski definition) is 4. The first-order valence-corrected chi connectivity index (χ1v) is 6.24.